The molecule has 3 N–H and O–H groups in total. The molecule has 0 saturated carbocycles. The highest BCUT2D eigenvalue weighted by Crippen LogP contribution is 2.10. The number of piperazine rings is 1. The molecule has 0 atom stereocenters. The van der Waals surface area contributed by atoms with E-state index >= 15 is 0 Å². The van der Waals surface area contributed by atoms with E-state index in [4.69, 9.17) is 11.1 Å². The number of nitrogens with zero attached hydrogens (tertiary/aromatic N) is 2. The first kappa shape index (κ1) is 16.4. The van der Waals surface area contributed by atoms with Gasteiger partial charge >= 0.3 is 0 Å². The van der Waals surface area contributed by atoms with Crippen LogP contribution in [0.2, 0.25) is 0 Å². The molecule has 120 valence electrons. The zero-order chi connectivity index (χ0) is 16.3. The second kappa shape index (κ2) is 6.45. The van der Waals surface area contributed by atoms with Crippen molar-refractivity contribution in [3.63, 3.8) is 0 Å². The lowest BCUT2D eigenvalue weighted by Crippen LogP contribution is -2.50. The van der Waals surface area contributed by atoms with E-state index in [1.54, 1.807) is 29.2 Å². The van der Waals surface area contributed by atoms with Gasteiger partial charge in [-0.2, -0.15) is 4.31 Å². The Hall–Kier alpha value is -1.93. The molecular weight excluding hydrogens is 304 g/mol. The van der Waals surface area contributed by atoms with E-state index in [1.807, 2.05) is 0 Å². The van der Waals surface area contributed by atoms with Crippen LogP contribution < -0.4 is 5.73 Å². The third-order valence-electron chi connectivity index (χ3n) is 3.68. The highest BCUT2D eigenvalue weighted by atomic mass is 32.2. The molecule has 0 aromatic heterocycles. The van der Waals surface area contributed by atoms with Crippen molar-refractivity contribution in [2.24, 2.45) is 5.73 Å². The van der Waals surface area contributed by atoms with Gasteiger partial charge in [0.05, 0.1) is 12.7 Å². The molecule has 1 heterocycles. The van der Waals surface area contributed by atoms with Gasteiger partial charge in [-0.25, -0.2) is 8.42 Å². The van der Waals surface area contributed by atoms with Crippen molar-refractivity contribution in [3.8, 4) is 0 Å². The average molecular weight is 324 g/mol. The molecule has 1 saturated heterocycles. The minimum absolute atomic E-state index is 0.00484. The topological polar surface area (TPSA) is 108 Å². The lowest BCUT2D eigenvalue weighted by Gasteiger charge is -2.33. The molecule has 0 bridgehead atoms. The van der Waals surface area contributed by atoms with Crippen molar-refractivity contribution in [2.45, 2.75) is 6.42 Å². The molecule has 22 heavy (non-hydrogen) atoms. The maximum absolute atomic E-state index is 12.2. The molecule has 0 unspecified atom stereocenters. The fourth-order valence-corrected chi connectivity index (χ4v) is 3.18. The molecule has 0 radical (unpaired) electrons. The Bertz CT molecular complexity index is 662. The number of nitrogens with one attached hydrogen (secondary N) is 1. The number of nitrogen functional groups attached to an aromatic ring is 1. The van der Waals surface area contributed by atoms with E-state index in [2.05, 4.69) is 0 Å². The monoisotopic (exact) mass is 324 g/mol. The number of sulfonamides is 1. The maximum atomic E-state index is 12.2. The summed E-state index contributed by atoms with van der Waals surface area (Å²) in [6, 6.07) is 6.99. The molecule has 1 aromatic rings. The highest BCUT2D eigenvalue weighted by molar-refractivity contribution is 7.88. The van der Waals surface area contributed by atoms with Gasteiger partial charge in [-0.15, -0.1) is 0 Å². The third-order valence-corrected chi connectivity index (χ3v) is 4.98. The second-order valence-electron chi connectivity index (χ2n) is 5.33. The van der Waals surface area contributed by atoms with Crippen LogP contribution in [-0.4, -0.2) is 61.8 Å². The summed E-state index contributed by atoms with van der Waals surface area (Å²) >= 11 is 0. The van der Waals surface area contributed by atoms with Gasteiger partial charge in [0.15, 0.2) is 0 Å². The number of amides is 1. The minimum Gasteiger partial charge on any atom is -0.384 e. The van der Waals surface area contributed by atoms with Crippen LogP contribution in [-0.2, 0) is 21.2 Å². The number of rotatable bonds is 4. The first-order valence-corrected chi connectivity index (χ1v) is 8.78. The van der Waals surface area contributed by atoms with Gasteiger partial charge in [0, 0.05) is 31.7 Å². The average Bonchev–Trinajstić information content (AvgIpc) is 2.47. The van der Waals surface area contributed by atoms with Crippen LogP contribution in [0.15, 0.2) is 24.3 Å². The zero-order valence-electron chi connectivity index (χ0n) is 12.4. The summed E-state index contributed by atoms with van der Waals surface area (Å²) in [5.74, 6) is -0.0292. The van der Waals surface area contributed by atoms with Gasteiger partial charge in [0.2, 0.25) is 15.9 Å². The molecule has 1 aliphatic rings. The molecule has 1 aromatic carbocycles. The predicted octanol–water partition coefficient (Wildman–Crippen LogP) is -0.383. The van der Waals surface area contributed by atoms with Crippen LogP contribution in [0.4, 0.5) is 0 Å². The van der Waals surface area contributed by atoms with Crippen LogP contribution in [0.25, 0.3) is 0 Å². The van der Waals surface area contributed by atoms with Gasteiger partial charge in [-0.05, 0) is 5.56 Å². The largest absolute Gasteiger partial charge is 0.384 e. The van der Waals surface area contributed by atoms with Gasteiger partial charge in [0.1, 0.15) is 5.84 Å². The number of carbonyl (C=O) groups excluding carboxylic acids is 1. The Morgan fingerprint density at radius 1 is 1.18 bits per heavy atom. The fourth-order valence-electron chi connectivity index (χ4n) is 2.36. The number of nitrogens with two attached hydrogens (primary N) is 1. The molecule has 2 rings (SSSR count). The van der Waals surface area contributed by atoms with E-state index in [0.717, 1.165) is 5.56 Å². The van der Waals surface area contributed by atoms with Gasteiger partial charge in [0.25, 0.3) is 0 Å². The van der Waals surface area contributed by atoms with Crippen molar-refractivity contribution in [3.05, 3.63) is 35.4 Å². The van der Waals surface area contributed by atoms with Gasteiger partial charge in [-0.1, -0.05) is 24.3 Å². The summed E-state index contributed by atoms with van der Waals surface area (Å²) in [5.41, 5.74) is 6.86. The summed E-state index contributed by atoms with van der Waals surface area (Å²) in [6.07, 6.45) is 1.44. The van der Waals surface area contributed by atoms with E-state index < -0.39 is 10.0 Å². The highest BCUT2D eigenvalue weighted by Gasteiger charge is 2.25. The lowest BCUT2D eigenvalue weighted by atomic mass is 10.1. The standard InChI is InChI=1S/C14H20N4O3S/c1-22(20,21)18-8-6-17(7-9-18)13(19)10-11-2-4-12(5-3-11)14(15)16/h2-5H,6-10H2,1H3,(H3,15,16). The smallest absolute Gasteiger partial charge is 0.227 e. The Labute approximate surface area is 130 Å². The van der Waals surface area contributed by atoms with Crippen LogP contribution in [0.1, 0.15) is 11.1 Å². The number of carbonyl (C=O) groups is 1. The van der Waals surface area contributed by atoms with Gasteiger partial charge < -0.3 is 10.6 Å². The lowest BCUT2D eigenvalue weighted by molar-refractivity contribution is -0.131. The first-order valence-electron chi connectivity index (χ1n) is 6.93. The van der Waals surface area contributed by atoms with Crippen molar-refractivity contribution in [1.82, 2.24) is 9.21 Å². The van der Waals surface area contributed by atoms with Crippen molar-refractivity contribution in [1.29, 1.82) is 5.41 Å². The summed E-state index contributed by atoms with van der Waals surface area (Å²) in [5, 5.41) is 7.33. The summed E-state index contributed by atoms with van der Waals surface area (Å²) in [6.45, 7) is 1.51. The molecule has 7 nitrogen and oxygen atoms in total. The van der Waals surface area contributed by atoms with Crippen LogP contribution >= 0.6 is 0 Å². The number of hydrogen-bond acceptors (Lipinski definition) is 4. The fraction of sp³-hybridized carbons (Fsp3) is 0.429. The number of amidine groups is 1. The van der Waals surface area contributed by atoms with E-state index in [9.17, 15) is 13.2 Å². The zero-order valence-corrected chi connectivity index (χ0v) is 13.3. The van der Waals surface area contributed by atoms with Crippen LogP contribution in [0, 0.1) is 5.41 Å². The van der Waals surface area contributed by atoms with E-state index in [0.29, 0.717) is 31.7 Å². The summed E-state index contributed by atoms with van der Waals surface area (Å²) in [7, 11) is -3.18. The molecule has 8 heteroatoms. The summed E-state index contributed by atoms with van der Waals surface area (Å²) < 4.78 is 24.3. The normalized spacial score (nSPS) is 16.5. The number of benzene rings is 1. The second-order valence-corrected chi connectivity index (χ2v) is 7.31. The third kappa shape index (κ3) is 4.05. The van der Waals surface area contributed by atoms with E-state index in [1.165, 1.54) is 10.6 Å². The van der Waals surface area contributed by atoms with Crippen LogP contribution in [0.5, 0.6) is 0 Å². The Morgan fingerprint density at radius 2 is 1.73 bits per heavy atom. The summed E-state index contributed by atoms with van der Waals surface area (Å²) in [4.78, 5) is 13.9. The molecule has 1 amide bonds. The molecular formula is C14H20N4O3S. The first-order chi connectivity index (χ1) is 10.3. The minimum atomic E-state index is -3.18. The van der Waals surface area contributed by atoms with Gasteiger partial charge in [-0.3, -0.25) is 10.2 Å². The Balaban J connectivity index is 1.92. The van der Waals surface area contributed by atoms with Crippen molar-refractivity contribution >= 4 is 21.8 Å². The maximum Gasteiger partial charge on any atom is 0.227 e. The Kier molecular flexibility index (Phi) is 4.82. The molecule has 0 aliphatic carbocycles. The SMILES string of the molecule is CS(=O)(=O)N1CCN(C(=O)Cc2ccc(C(=N)N)cc2)CC1. The number of hydrogen-bond donors (Lipinski definition) is 2. The van der Waals surface area contributed by atoms with E-state index in [-0.39, 0.29) is 18.2 Å². The predicted molar refractivity (Wildman–Crippen MR) is 84.2 cm³/mol. The van der Waals surface area contributed by atoms with Crippen LogP contribution in [0.3, 0.4) is 0 Å². The van der Waals surface area contributed by atoms with Crippen molar-refractivity contribution < 1.29 is 13.2 Å². The molecule has 0 spiro atoms. The molecule has 1 aliphatic heterocycles. The Morgan fingerprint density at radius 3 is 2.18 bits per heavy atom. The quantitative estimate of drug-likeness (QED) is 0.581. The molecule has 1 fully saturated rings. The van der Waals surface area contributed by atoms with Crippen molar-refractivity contribution in [2.75, 3.05) is 32.4 Å².